The summed E-state index contributed by atoms with van der Waals surface area (Å²) >= 11 is 0. The zero-order valence-corrected chi connectivity index (χ0v) is 11.6. The molecule has 0 aromatic rings. The van der Waals surface area contributed by atoms with Crippen LogP contribution in [0, 0.1) is 23.2 Å². The zero-order chi connectivity index (χ0) is 14.2. The topological polar surface area (TPSA) is 77.8 Å². The molecule has 3 aliphatic carbocycles. The van der Waals surface area contributed by atoms with Crippen LogP contribution in [0.1, 0.15) is 33.1 Å². The Hall–Kier alpha value is -1.10. The van der Waals surface area contributed by atoms with E-state index in [0.717, 1.165) is 12.3 Å². The number of hydrogen-bond donors (Lipinski definition) is 2. The van der Waals surface area contributed by atoms with Crippen molar-refractivity contribution in [3.63, 3.8) is 0 Å². The summed E-state index contributed by atoms with van der Waals surface area (Å²) in [4.78, 5) is 23.2. The molecular weight excluding hydrogens is 246 g/mol. The average molecular weight is 269 g/mol. The molecule has 3 rings (SSSR count). The minimum absolute atomic E-state index is 0.181. The second-order valence-corrected chi connectivity index (χ2v) is 6.66. The Labute approximate surface area is 113 Å². The van der Waals surface area contributed by atoms with Gasteiger partial charge in [-0.25, -0.2) is 0 Å². The predicted molar refractivity (Wildman–Crippen MR) is 69.8 cm³/mol. The van der Waals surface area contributed by atoms with Crippen LogP contribution in [0.4, 0.5) is 0 Å². The number of carbonyl (C=O) groups is 2. The third-order valence-electron chi connectivity index (χ3n) is 5.21. The van der Waals surface area contributed by atoms with Gasteiger partial charge in [0.2, 0.25) is 0 Å². The summed E-state index contributed by atoms with van der Waals surface area (Å²) in [5.74, 6) is -0.0400. The van der Waals surface area contributed by atoms with Crippen LogP contribution in [0.25, 0.3) is 0 Å². The summed E-state index contributed by atoms with van der Waals surface area (Å²) in [5, 5.41) is 17.7. The maximum Gasteiger partial charge on any atom is 0.317 e. The molecule has 0 aromatic heterocycles. The van der Waals surface area contributed by atoms with Crippen LogP contribution in [0.2, 0.25) is 0 Å². The maximum absolute atomic E-state index is 10.8. The Bertz CT molecular complexity index is 362. The first-order valence-corrected chi connectivity index (χ1v) is 6.96. The lowest BCUT2D eigenvalue weighted by Crippen LogP contribution is -2.55. The normalized spacial score (nSPS) is 31.8. The molecule has 3 saturated carbocycles. The van der Waals surface area contributed by atoms with Crippen molar-refractivity contribution in [3.8, 4) is 0 Å². The number of carboxylic acids is 2. The second kappa shape index (κ2) is 5.12. The largest absolute Gasteiger partial charge is 0.480 e. The number of nitrogens with zero attached hydrogens (tertiary/aromatic N) is 1. The first kappa shape index (κ1) is 14.3. The molecule has 3 fully saturated rings. The van der Waals surface area contributed by atoms with Gasteiger partial charge in [0.15, 0.2) is 0 Å². The molecule has 3 unspecified atom stereocenters. The van der Waals surface area contributed by atoms with Gasteiger partial charge in [0.25, 0.3) is 0 Å². The van der Waals surface area contributed by atoms with Gasteiger partial charge >= 0.3 is 11.9 Å². The first-order valence-electron chi connectivity index (χ1n) is 6.96. The highest BCUT2D eigenvalue weighted by atomic mass is 16.4. The van der Waals surface area contributed by atoms with Crippen LogP contribution in [0.5, 0.6) is 0 Å². The summed E-state index contributed by atoms with van der Waals surface area (Å²) in [5.41, 5.74) is 0.348. The lowest BCUT2D eigenvalue weighted by Gasteiger charge is -2.60. The van der Waals surface area contributed by atoms with Gasteiger partial charge in [-0.3, -0.25) is 14.5 Å². The van der Waals surface area contributed by atoms with Crippen molar-refractivity contribution in [1.82, 2.24) is 4.90 Å². The third kappa shape index (κ3) is 2.91. The molecule has 19 heavy (non-hydrogen) atoms. The van der Waals surface area contributed by atoms with E-state index in [1.54, 1.807) is 4.90 Å². The van der Waals surface area contributed by atoms with E-state index >= 15 is 0 Å². The van der Waals surface area contributed by atoms with E-state index in [1.807, 2.05) is 0 Å². The molecule has 3 atom stereocenters. The van der Waals surface area contributed by atoms with Crippen molar-refractivity contribution in [3.05, 3.63) is 0 Å². The van der Waals surface area contributed by atoms with Crippen LogP contribution < -0.4 is 0 Å². The molecule has 3 aliphatic rings. The van der Waals surface area contributed by atoms with Gasteiger partial charge in [0.05, 0.1) is 13.1 Å². The molecule has 108 valence electrons. The first-order chi connectivity index (χ1) is 8.80. The van der Waals surface area contributed by atoms with Crippen molar-refractivity contribution in [2.45, 2.75) is 33.1 Å². The van der Waals surface area contributed by atoms with Crippen molar-refractivity contribution in [2.75, 3.05) is 19.6 Å². The molecule has 0 heterocycles. The quantitative estimate of drug-likeness (QED) is 0.764. The van der Waals surface area contributed by atoms with Crippen molar-refractivity contribution in [2.24, 2.45) is 23.2 Å². The second-order valence-electron chi connectivity index (χ2n) is 6.66. The lowest BCUT2D eigenvalue weighted by atomic mass is 9.45. The number of aliphatic carboxylic acids is 2. The summed E-state index contributed by atoms with van der Waals surface area (Å²) in [6.07, 6.45) is 3.53. The number of carboxylic acid groups (broad SMARTS) is 2. The molecule has 2 N–H and O–H groups in total. The van der Waals surface area contributed by atoms with Crippen LogP contribution in [0.15, 0.2) is 0 Å². The molecule has 5 heteroatoms. The molecule has 0 radical (unpaired) electrons. The van der Waals surface area contributed by atoms with Gasteiger partial charge in [-0.1, -0.05) is 13.8 Å². The third-order valence-corrected chi connectivity index (χ3v) is 5.21. The van der Waals surface area contributed by atoms with E-state index in [1.165, 1.54) is 12.8 Å². The molecule has 0 spiro atoms. The van der Waals surface area contributed by atoms with E-state index in [4.69, 9.17) is 10.2 Å². The molecule has 0 aliphatic heterocycles. The number of fused-ring (bicyclic) bond motifs is 2. The molecule has 0 aromatic carbocycles. The Morgan fingerprint density at radius 2 is 1.74 bits per heavy atom. The fourth-order valence-corrected chi connectivity index (χ4v) is 4.08. The van der Waals surface area contributed by atoms with E-state index in [9.17, 15) is 9.59 Å². The Morgan fingerprint density at radius 1 is 1.16 bits per heavy atom. The Kier molecular flexibility index (Phi) is 3.85. The van der Waals surface area contributed by atoms with Crippen molar-refractivity contribution >= 4 is 11.9 Å². The van der Waals surface area contributed by atoms with Crippen molar-refractivity contribution < 1.29 is 19.8 Å². The van der Waals surface area contributed by atoms with Crippen LogP contribution in [0.3, 0.4) is 0 Å². The molecule has 2 bridgehead atoms. The van der Waals surface area contributed by atoms with Crippen LogP contribution in [-0.2, 0) is 9.59 Å². The van der Waals surface area contributed by atoms with Gasteiger partial charge in [-0.05, 0) is 42.4 Å². The standard InChI is InChI=1S/C14H23NO4/c1-14(2)10-4-3-9(11(14)5-10)6-15(7-12(16)17)8-13(18)19/h9-11H,3-8H2,1-2H3,(H,16,17)(H,18,19). The van der Waals surface area contributed by atoms with Crippen LogP contribution in [-0.4, -0.2) is 46.7 Å². The van der Waals surface area contributed by atoms with E-state index in [2.05, 4.69) is 13.8 Å². The smallest absolute Gasteiger partial charge is 0.317 e. The van der Waals surface area contributed by atoms with Crippen molar-refractivity contribution in [1.29, 1.82) is 0 Å². The van der Waals surface area contributed by atoms with Crippen LogP contribution >= 0.6 is 0 Å². The predicted octanol–water partition coefficient (Wildman–Crippen LogP) is 1.53. The van der Waals surface area contributed by atoms with Gasteiger partial charge in [-0.2, -0.15) is 0 Å². The highest BCUT2D eigenvalue weighted by Gasteiger charge is 2.54. The van der Waals surface area contributed by atoms with Gasteiger partial charge in [0.1, 0.15) is 0 Å². The maximum atomic E-state index is 10.8. The summed E-state index contributed by atoms with van der Waals surface area (Å²) in [7, 11) is 0. The van der Waals surface area contributed by atoms with Gasteiger partial charge in [0, 0.05) is 6.54 Å². The highest BCUT2D eigenvalue weighted by Crippen LogP contribution is 2.61. The minimum atomic E-state index is -0.956. The average Bonchev–Trinajstić information content (AvgIpc) is 2.26. The monoisotopic (exact) mass is 269 g/mol. The highest BCUT2D eigenvalue weighted by molar-refractivity contribution is 5.72. The Morgan fingerprint density at radius 3 is 2.16 bits per heavy atom. The zero-order valence-electron chi connectivity index (χ0n) is 11.6. The minimum Gasteiger partial charge on any atom is -0.480 e. The molecule has 0 amide bonds. The molecular formula is C14H23NO4. The van der Waals surface area contributed by atoms with Gasteiger partial charge in [-0.15, -0.1) is 0 Å². The van der Waals surface area contributed by atoms with E-state index in [0.29, 0.717) is 23.8 Å². The lowest BCUT2D eigenvalue weighted by molar-refractivity contribution is -0.144. The van der Waals surface area contributed by atoms with Gasteiger partial charge < -0.3 is 10.2 Å². The van der Waals surface area contributed by atoms with E-state index < -0.39 is 11.9 Å². The van der Waals surface area contributed by atoms with E-state index in [-0.39, 0.29) is 13.1 Å². The Balaban J connectivity index is 1.96. The summed E-state index contributed by atoms with van der Waals surface area (Å²) < 4.78 is 0. The number of hydrogen-bond acceptors (Lipinski definition) is 3. The number of rotatable bonds is 6. The SMILES string of the molecule is CC1(C)C2CCC(CN(CC(=O)O)CC(=O)O)C1C2. The molecule has 0 saturated heterocycles. The molecule has 5 nitrogen and oxygen atoms in total. The fourth-order valence-electron chi connectivity index (χ4n) is 4.08. The summed E-state index contributed by atoms with van der Waals surface area (Å²) in [6.45, 7) is 4.81. The fraction of sp³-hybridized carbons (Fsp3) is 0.857. The summed E-state index contributed by atoms with van der Waals surface area (Å²) in [6, 6.07) is 0.